The van der Waals surface area contributed by atoms with Gasteiger partial charge in [-0.25, -0.2) is 0 Å². The van der Waals surface area contributed by atoms with E-state index < -0.39 is 5.38 Å². The van der Waals surface area contributed by atoms with Crippen molar-refractivity contribution < 1.29 is 10.2 Å². The van der Waals surface area contributed by atoms with Gasteiger partial charge in [0.15, 0.2) is 0 Å². The van der Waals surface area contributed by atoms with Crippen molar-refractivity contribution in [2.75, 3.05) is 12.3 Å². The summed E-state index contributed by atoms with van der Waals surface area (Å²) in [6.45, 7) is 3.37. The molecule has 31 heavy (non-hydrogen) atoms. The van der Waals surface area contributed by atoms with Crippen LogP contribution in [0.15, 0.2) is 58.1 Å². The van der Waals surface area contributed by atoms with Crippen LogP contribution in [-0.4, -0.2) is 22.1 Å². The SMILES string of the molecule is C/C=C(O)\C(=C/C(Cl)CN=O)Cc1cc(C)cc(Cc2cc(Cl)c(N)cc2N=O)c1O. The summed E-state index contributed by atoms with van der Waals surface area (Å²) in [5, 5.41) is 26.5. The van der Waals surface area contributed by atoms with Crippen molar-refractivity contribution in [1.82, 2.24) is 0 Å². The Balaban J connectivity index is 2.48. The number of rotatable bonds is 9. The first-order valence-corrected chi connectivity index (χ1v) is 10.2. The molecule has 2 aromatic rings. The first-order chi connectivity index (χ1) is 14.7. The van der Waals surface area contributed by atoms with E-state index in [9.17, 15) is 20.0 Å². The molecule has 1 unspecified atom stereocenters. The van der Waals surface area contributed by atoms with Gasteiger partial charge in [-0.15, -0.1) is 16.5 Å². The smallest absolute Gasteiger partial charge is 0.122 e. The van der Waals surface area contributed by atoms with E-state index in [-0.39, 0.29) is 47.3 Å². The number of nitrogen functional groups attached to an aromatic ring is 1. The quantitative estimate of drug-likeness (QED) is 0.133. The number of halogens is 2. The van der Waals surface area contributed by atoms with Crippen molar-refractivity contribution in [2.24, 2.45) is 10.4 Å². The molecule has 4 N–H and O–H groups in total. The van der Waals surface area contributed by atoms with E-state index in [4.69, 9.17) is 28.9 Å². The molecule has 0 aliphatic heterocycles. The number of alkyl halides is 1. The molecule has 0 saturated carbocycles. The first-order valence-electron chi connectivity index (χ1n) is 9.42. The highest BCUT2D eigenvalue weighted by Crippen LogP contribution is 2.35. The second-order valence-electron chi connectivity index (χ2n) is 7.07. The van der Waals surface area contributed by atoms with Crippen LogP contribution < -0.4 is 5.73 Å². The molecule has 1 atom stereocenters. The summed E-state index contributed by atoms with van der Waals surface area (Å²) in [7, 11) is 0. The molecule has 0 bridgehead atoms. The minimum atomic E-state index is -0.695. The molecule has 2 aromatic carbocycles. The molecular weight excluding hydrogens is 441 g/mol. The number of aliphatic hydroxyl groups excluding tert-OH is 1. The summed E-state index contributed by atoms with van der Waals surface area (Å²) in [5.74, 6) is -0.0124. The fourth-order valence-electron chi connectivity index (χ4n) is 3.22. The van der Waals surface area contributed by atoms with Crippen LogP contribution in [0.5, 0.6) is 5.75 Å². The number of anilines is 1. The molecule has 0 aromatic heterocycles. The van der Waals surface area contributed by atoms with E-state index >= 15 is 0 Å². The highest BCUT2D eigenvalue weighted by molar-refractivity contribution is 6.33. The molecule has 0 fully saturated rings. The molecule has 0 spiro atoms. The van der Waals surface area contributed by atoms with E-state index in [0.29, 0.717) is 22.3 Å². The molecule has 7 nitrogen and oxygen atoms in total. The van der Waals surface area contributed by atoms with Gasteiger partial charge >= 0.3 is 0 Å². The minimum absolute atomic E-state index is 0.00448. The number of nitrogens with zero attached hydrogens (tertiary/aromatic N) is 2. The van der Waals surface area contributed by atoms with Gasteiger partial charge in [0.25, 0.3) is 0 Å². The number of nitrogens with two attached hydrogens (primary N) is 1. The Morgan fingerprint density at radius 1 is 1.19 bits per heavy atom. The Morgan fingerprint density at radius 2 is 1.87 bits per heavy atom. The molecule has 0 aliphatic rings. The molecule has 0 radical (unpaired) electrons. The van der Waals surface area contributed by atoms with Gasteiger partial charge < -0.3 is 15.9 Å². The zero-order valence-electron chi connectivity index (χ0n) is 17.1. The number of aromatic hydroxyl groups is 1. The van der Waals surface area contributed by atoms with Gasteiger partial charge in [-0.05, 0) is 59.5 Å². The topological polar surface area (TPSA) is 125 Å². The Kier molecular flexibility index (Phi) is 8.59. The van der Waals surface area contributed by atoms with Crippen molar-refractivity contribution in [2.45, 2.75) is 32.1 Å². The van der Waals surface area contributed by atoms with Crippen molar-refractivity contribution in [3.8, 4) is 5.75 Å². The zero-order chi connectivity index (χ0) is 23.1. The van der Waals surface area contributed by atoms with E-state index in [0.717, 1.165) is 5.56 Å². The number of benzene rings is 2. The largest absolute Gasteiger partial charge is 0.508 e. The third kappa shape index (κ3) is 6.29. The Morgan fingerprint density at radius 3 is 2.48 bits per heavy atom. The van der Waals surface area contributed by atoms with Crippen molar-refractivity contribution in [3.05, 3.63) is 84.8 Å². The summed E-state index contributed by atoms with van der Waals surface area (Å²) in [6.07, 6.45) is 3.40. The van der Waals surface area contributed by atoms with Crippen molar-refractivity contribution in [1.29, 1.82) is 0 Å². The normalized spacial score (nSPS) is 13.2. The lowest BCUT2D eigenvalue weighted by Crippen LogP contribution is -2.05. The summed E-state index contributed by atoms with van der Waals surface area (Å²) in [5.41, 5.74) is 9.05. The third-order valence-corrected chi connectivity index (χ3v) is 5.29. The highest BCUT2D eigenvalue weighted by atomic mass is 35.5. The van der Waals surface area contributed by atoms with E-state index in [1.165, 1.54) is 18.2 Å². The first kappa shape index (κ1) is 24.4. The van der Waals surface area contributed by atoms with Crippen LogP contribution in [-0.2, 0) is 12.8 Å². The number of allylic oxidation sites excluding steroid dienone is 2. The Bertz CT molecular complexity index is 1050. The van der Waals surface area contributed by atoms with Crippen LogP contribution in [0.2, 0.25) is 5.02 Å². The van der Waals surface area contributed by atoms with E-state index in [1.807, 2.05) is 6.92 Å². The lowest BCUT2D eigenvalue weighted by Gasteiger charge is -2.15. The van der Waals surface area contributed by atoms with Gasteiger partial charge in [-0.1, -0.05) is 40.6 Å². The average Bonchev–Trinajstić information content (AvgIpc) is 2.72. The second-order valence-corrected chi connectivity index (χ2v) is 8.04. The fourth-order valence-corrected chi connectivity index (χ4v) is 3.62. The standard InChI is InChI=1S/C22H23Cl2N3O4/c1-3-21(28)14(8-17(23)11-26-30)7-16-5-12(2)4-15(22(16)29)6-13-9-18(24)19(25)10-20(13)27-31/h3-5,8-10,17,28-29H,6-7,11,25H2,1-2H3/b14-8-,21-3+. The number of hydrogen-bond donors (Lipinski definition) is 3. The van der Waals surface area contributed by atoms with Crippen LogP contribution >= 0.6 is 23.2 Å². The van der Waals surface area contributed by atoms with Crippen LogP contribution in [0, 0.1) is 16.7 Å². The fraction of sp³-hybridized carbons (Fsp3) is 0.273. The van der Waals surface area contributed by atoms with E-state index in [2.05, 4.69) is 10.4 Å². The summed E-state index contributed by atoms with van der Waals surface area (Å²) >= 11 is 12.2. The molecule has 0 saturated heterocycles. The maximum Gasteiger partial charge on any atom is 0.122 e. The van der Waals surface area contributed by atoms with Crippen LogP contribution in [0.1, 0.15) is 29.2 Å². The number of nitroso groups, excluding NO2 is 2. The average molecular weight is 464 g/mol. The van der Waals surface area contributed by atoms with Crippen LogP contribution in [0.4, 0.5) is 11.4 Å². The highest BCUT2D eigenvalue weighted by Gasteiger charge is 2.16. The summed E-state index contributed by atoms with van der Waals surface area (Å²) < 4.78 is 0. The van der Waals surface area contributed by atoms with Crippen LogP contribution in [0.25, 0.3) is 0 Å². The van der Waals surface area contributed by atoms with Crippen molar-refractivity contribution in [3.63, 3.8) is 0 Å². The number of phenols is 1. The Hall–Kier alpha value is -2.90. The molecular formula is C22H23Cl2N3O4. The Labute approximate surface area is 190 Å². The van der Waals surface area contributed by atoms with Gasteiger partial charge in [-0.3, -0.25) is 0 Å². The zero-order valence-corrected chi connectivity index (χ0v) is 18.6. The lowest BCUT2D eigenvalue weighted by molar-refractivity contribution is 0.417. The van der Waals surface area contributed by atoms with Gasteiger partial charge in [0, 0.05) is 12.8 Å². The monoisotopic (exact) mass is 463 g/mol. The van der Waals surface area contributed by atoms with E-state index in [1.54, 1.807) is 25.1 Å². The maximum atomic E-state index is 11.2. The predicted octanol–water partition coefficient (Wildman–Crippen LogP) is 6.23. The second kappa shape index (κ2) is 10.9. The number of hydrogen-bond acceptors (Lipinski definition) is 7. The maximum absolute atomic E-state index is 11.2. The summed E-state index contributed by atoms with van der Waals surface area (Å²) in [4.78, 5) is 21.7. The molecule has 0 amide bonds. The summed E-state index contributed by atoms with van der Waals surface area (Å²) in [6, 6.07) is 6.52. The molecule has 164 valence electrons. The van der Waals surface area contributed by atoms with Gasteiger partial charge in [-0.2, -0.15) is 4.91 Å². The van der Waals surface area contributed by atoms with Crippen molar-refractivity contribution >= 4 is 34.6 Å². The molecule has 0 heterocycles. The molecule has 0 aliphatic carbocycles. The van der Waals surface area contributed by atoms with Gasteiger partial charge in [0.2, 0.25) is 0 Å². The molecule has 9 heteroatoms. The third-order valence-electron chi connectivity index (χ3n) is 4.70. The van der Waals surface area contributed by atoms with Gasteiger partial charge in [0.1, 0.15) is 23.7 Å². The van der Waals surface area contributed by atoms with Gasteiger partial charge in [0.05, 0.1) is 16.1 Å². The minimum Gasteiger partial charge on any atom is -0.508 e. The van der Waals surface area contributed by atoms with Crippen LogP contribution in [0.3, 0.4) is 0 Å². The number of phenolic OH excluding ortho intramolecular Hbond substituents is 1. The predicted molar refractivity (Wildman–Crippen MR) is 125 cm³/mol. The number of aryl methyl sites for hydroxylation is 1. The number of aliphatic hydroxyl groups is 1. The lowest BCUT2D eigenvalue weighted by atomic mass is 9.94. The molecule has 2 rings (SSSR count).